The SMILES string of the molecule is C[C@@H]1CN(C(=O)Cc2ccc(B3OC(C)(C)C(C)(C)O3)cc2)CCO1. The number of carbonyl (C=O) groups is 1. The van der Waals surface area contributed by atoms with E-state index in [1.54, 1.807) is 0 Å². The molecular formula is C19H28BNO4. The van der Waals surface area contributed by atoms with Crippen molar-refractivity contribution in [2.45, 2.75) is 58.3 Å². The van der Waals surface area contributed by atoms with Crippen molar-refractivity contribution in [1.29, 1.82) is 0 Å². The molecule has 0 N–H and O–H groups in total. The van der Waals surface area contributed by atoms with E-state index in [4.69, 9.17) is 14.0 Å². The molecule has 2 saturated heterocycles. The summed E-state index contributed by atoms with van der Waals surface area (Å²) in [5.74, 6) is 0.151. The molecule has 1 aromatic carbocycles. The van der Waals surface area contributed by atoms with E-state index in [1.165, 1.54) is 0 Å². The summed E-state index contributed by atoms with van der Waals surface area (Å²) in [5.41, 5.74) is 1.29. The lowest BCUT2D eigenvalue weighted by atomic mass is 9.79. The van der Waals surface area contributed by atoms with Crippen LogP contribution in [0.5, 0.6) is 0 Å². The standard InChI is InChI=1S/C19H28BNO4/c1-14-13-21(10-11-23-14)17(22)12-15-6-8-16(9-7-15)20-24-18(2,3)19(4,5)25-20/h6-9,14H,10-13H2,1-5H3/t14-/m1/s1. The second-order valence-corrected chi connectivity index (χ2v) is 8.03. The van der Waals surface area contributed by atoms with Gasteiger partial charge in [-0.15, -0.1) is 0 Å². The van der Waals surface area contributed by atoms with Crippen LogP contribution in [-0.2, 0) is 25.3 Å². The van der Waals surface area contributed by atoms with Crippen LogP contribution in [0.3, 0.4) is 0 Å². The third kappa shape index (κ3) is 3.91. The normalized spacial score (nSPS) is 25.2. The summed E-state index contributed by atoms with van der Waals surface area (Å²) in [6.07, 6.45) is 0.527. The molecule has 1 atom stereocenters. The zero-order chi connectivity index (χ0) is 18.2. The van der Waals surface area contributed by atoms with Gasteiger partial charge in [-0.05, 0) is 45.6 Å². The van der Waals surface area contributed by atoms with Crippen LogP contribution in [0.25, 0.3) is 0 Å². The number of ether oxygens (including phenoxy) is 1. The Labute approximate surface area is 150 Å². The maximum atomic E-state index is 12.4. The maximum Gasteiger partial charge on any atom is 0.494 e. The highest BCUT2D eigenvalue weighted by Gasteiger charge is 2.51. The molecule has 5 nitrogen and oxygen atoms in total. The Hall–Kier alpha value is -1.37. The highest BCUT2D eigenvalue weighted by molar-refractivity contribution is 6.62. The number of hydrogen-bond acceptors (Lipinski definition) is 4. The summed E-state index contributed by atoms with van der Waals surface area (Å²) in [7, 11) is -0.366. The van der Waals surface area contributed by atoms with E-state index in [2.05, 4.69) is 0 Å². The van der Waals surface area contributed by atoms with Crippen molar-refractivity contribution in [3.8, 4) is 0 Å². The van der Waals surface area contributed by atoms with Gasteiger partial charge in [-0.25, -0.2) is 0 Å². The quantitative estimate of drug-likeness (QED) is 0.784. The highest BCUT2D eigenvalue weighted by Crippen LogP contribution is 2.36. The molecule has 0 unspecified atom stereocenters. The zero-order valence-corrected chi connectivity index (χ0v) is 15.9. The number of hydrogen-bond donors (Lipinski definition) is 0. The van der Waals surface area contributed by atoms with Gasteiger partial charge in [-0.3, -0.25) is 4.79 Å². The van der Waals surface area contributed by atoms with Gasteiger partial charge in [0.05, 0.1) is 30.3 Å². The van der Waals surface area contributed by atoms with Gasteiger partial charge in [-0.1, -0.05) is 24.3 Å². The molecule has 0 aromatic heterocycles. The molecule has 2 fully saturated rings. The summed E-state index contributed by atoms with van der Waals surface area (Å²) in [4.78, 5) is 14.3. The number of morpholine rings is 1. The molecule has 3 rings (SSSR count). The molecule has 2 aliphatic heterocycles. The lowest BCUT2D eigenvalue weighted by Gasteiger charge is -2.32. The van der Waals surface area contributed by atoms with Crippen LogP contribution >= 0.6 is 0 Å². The Morgan fingerprint density at radius 3 is 2.32 bits per heavy atom. The summed E-state index contributed by atoms with van der Waals surface area (Å²) in [6.45, 7) is 12.1. The first-order valence-corrected chi connectivity index (χ1v) is 9.02. The van der Waals surface area contributed by atoms with Crippen LogP contribution in [0.15, 0.2) is 24.3 Å². The Morgan fingerprint density at radius 1 is 1.16 bits per heavy atom. The first kappa shape index (κ1) is 18.4. The largest absolute Gasteiger partial charge is 0.494 e. The summed E-state index contributed by atoms with van der Waals surface area (Å²) < 4.78 is 17.6. The van der Waals surface area contributed by atoms with Crippen LogP contribution in [-0.4, -0.2) is 54.9 Å². The van der Waals surface area contributed by atoms with E-state index >= 15 is 0 Å². The second-order valence-electron chi connectivity index (χ2n) is 8.03. The van der Waals surface area contributed by atoms with Crippen molar-refractivity contribution < 1.29 is 18.8 Å². The van der Waals surface area contributed by atoms with Gasteiger partial charge < -0.3 is 18.9 Å². The molecule has 1 amide bonds. The molecule has 1 aromatic rings. The minimum absolute atomic E-state index is 0.114. The van der Waals surface area contributed by atoms with Crippen LogP contribution in [0, 0.1) is 0 Å². The topological polar surface area (TPSA) is 48.0 Å². The van der Waals surface area contributed by atoms with E-state index in [0.29, 0.717) is 26.1 Å². The molecule has 25 heavy (non-hydrogen) atoms. The molecule has 0 aliphatic carbocycles. The Morgan fingerprint density at radius 2 is 1.76 bits per heavy atom. The molecule has 0 saturated carbocycles. The maximum absolute atomic E-state index is 12.4. The van der Waals surface area contributed by atoms with E-state index in [-0.39, 0.29) is 30.3 Å². The summed E-state index contributed by atoms with van der Waals surface area (Å²) in [5, 5.41) is 0. The third-order valence-electron chi connectivity index (χ3n) is 5.45. The molecule has 6 heteroatoms. The number of rotatable bonds is 3. The number of carbonyl (C=O) groups excluding carboxylic acids is 1. The van der Waals surface area contributed by atoms with Crippen molar-refractivity contribution in [2.24, 2.45) is 0 Å². The Bertz CT molecular complexity index is 613. The van der Waals surface area contributed by atoms with Gasteiger partial charge >= 0.3 is 7.12 Å². The lowest BCUT2D eigenvalue weighted by Crippen LogP contribution is -2.45. The number of nitrogens with zero attached hydrogens (tertiary/aromatic N) is 1. The van der Waals surface area contributed by atoms with Crippen LogP contribution < -0.4 is 5.46 Å². The van der Waals surface area contributed by atoms with Crippen molar-refractivity contribution in [3.63, 3.8) is 0 Å². The van der Waals surface area contributed by atoms with Crippen molar-refractivity contribution in [1.82, 2.24) is 4.90 Å². The highest BCUT2D eigenvalue weighted by atomic mass is 16.7. The smallest absolute Gasteiger partial charge is 0.399 e. The van der Waals surface area contributed by atoms with Gasteiger partial charge in [0.1, 0.15) is 0 Å². The van der Waals surface area contributed by atoms with Crippen molar-refractivity contribution in [3.05, 3.63) is 29.8 Å². The average Bonchev–Trinajstić information content (AvgIpc) is 2.76. The zero-order valence-electron chi connectivity index (χ0n) is 15.9. The first-order valence-electron chi connectivity index (χ1n) is 9.02. The molecule has 136 valence electrons. The average molecular weight is 345 g/mol. The Kier molecular flexibility index (Phi) is 4.97. The predicted octanol–water partition coefficient (Wildman–Crippen LogP) is 1.78. The number of amides is 1. The monoisotopic (exact) mass is 345 g/mol. The molecule has 2 aliphatic rings. The van der Waals surface area contributed by atoms with Gasteiger partial charge in [0.2, 0.25) is 5.91 Å². The van der Waals surface area contributed by atoms with E-state index in [1.807, 2.05) is 63.8 Å². The fourth-order valence-corrected chi connectivity index (χ4v) is 3.10. The van der Waals surface area contributed by atoms with Crippen molar-refractivity contribution in [2.75, 3.05) is 19.7 Å². The van der Waals surface area contributed by atoms with E-state index < -0.39 is 0 Å². The van der Waals surface area contributed by atoms with Crippen LogP contribution in [0.2, 0.25) is 0 Å². The summed E-state index contributed by atoms with van der Waals surface area (Å²) >= 11 is 0. The molecule has 2 heterocycles. The fourth-order valence-electron chi connectivity index (χ4n) is 3.10. The molecular weight excluding hydrogens is 317 g/mol. The second kappa shape index (κ2) is 6.74. The predicted molar refractivity (Wildman–Crippen MR) is 97.9 cm³/mol. The summed E-state index contributed by atoms with van der Waals surface area (Å²) in [6, 6.07) is 7.96. The molecule has 0 radical (unpaired) electrons. The Balaban J connectivity index is 1.62. The van der Waals surface area contributed by atoms with Gasteiger partial charge in [0.25, 0.3) is 0 Å². The van der Waals surface area contributed by atoms with Crippen molar-refractivity contribution >= 4 is 18.5 Å². The molecule has 0 bridgehead atoms. The lowest BCUT2D eigenvalue weighted by molar-refractivity contribution is -0.137. The third-order valence-corrected chi connectivity index (χ3v) is 5.45. The minimum Gasteiger partial charge on any atom is -0.399 e. The van der Waals surface area contributed by atoms with Gasteiger partial charge in [-0.2, -0.15) is 0 Å². The van der Waals surface area contributed by atoms with E-state index in [0.717, 1.165) is 11.0 Å². The van der Waals surface area contributed by atoms with Crippen LogP contribution in [0.4, 0.5) is 0 Å². The van der Waals surface area contributed by atoms with Gasteiger partial charge in [0.15, 0.2) is 0 Å². The van der Waals surface area contributed by atoms with E-state index in [9.17, 15) is 4.79 Å². The number of benzene rings is 1. The first-order chi connectivity index (χ1) is 11.7. The molecule has 0 spiro atoms. The minimum atomic E-state index is -0.366. The fraction of sp³-hybridized carbons (Fsp3) is 0.632. The van der Waals surface area contributed by atoms with Crippen LogP contribution in [0.1, 0.15) is 40.2 Å². The van der Waals surface area contributed by atoms with Gasteiger partial charge in [0, 0.05) is 13.1 Å².